The summed E-state index contributed by atoms with van der Waals surface area (Å²) in [7, 11) is 0. The van der Waals surface area contributed by atoms with Crippen LogP contribution >= 0.6 is 0 Å². The third kappa shape index (κ3) is 17.9. The molecule has 122 valence electrons. The standard InChI is InChI=1S/C18H38O2/c1-4-5-6-7-8-9-10-11-12-13-14-15-19-16-17-20-18(2)3/h18H,4-17H2,1-3H3. The van der Waals surface area contributed by atoms with Crippen molar-refractivity contribution < 1.29 is 9.47 Å². The van der Waals surface area contributed by atoms with Gasteiger partial charge >= 0.3 is 0 Å². The van der Waals surface area contributed by atoms with E-state index in [1.807, 2.05) is 0 Å². The van der Waals surface area contributed by atoms with E-state index in [0.717, 1.165) is 19.8 Å². The second-order valence-corrected chi connectivity index (χ2v) is 6.07. The molecule has 0 aromatic carbocycles. The largest absolute Gasteiger partial charge is 0.379 e. The molecule has 0 atom stereocenters. The van der Waals surface area contributed by atoms with Gasteiger partial charge in [-0.15, -0.1) is 0 Å². The average Bonchev–Trinajstić information content (AvgIpc) is 2.43. The monoisotopic (exact) mass is 286 g/mol. The van der Waals surface area contributed by atoms with Gasteiger partial charge in [0.25, 0.3) is 0 Å². The Morgan fingerprint density at radius 3 is 1.60 bits per heavy atom. The normalized spacial score (nSPS) is 11.4. The Morgan fingerprint density at radius 2 is 1.10 bits per heavy atom. The van der Waals surface area contributed by atoms with Crippen LogP contribution < -0.4 is 0 Å². The molecule has 0 rings (SSSR count). The minimum Gasteiger partial charge on any atom is -0.379 e. The molecule has 0 aliphatic carbocycles. The Labute approximate surface area is 127 Å². The smallest absolute Gasteiger partial charge is 0.0703 e. The fourth-order valence-electron chi connectivity index (χ4n) is 2.31. The summed E-state index contributed by atoms with van der Waals surface area (Å²) in [4.78, 5) is 0. The quantitative estimate of drug-likeness (QED) is 0.337. The van der Waals surface area contributed by atoms with Crippen LogP contribution in [-0.2, 0) is 9.47 Å². The van der Waals surface area contributed by atoms with Gasteiger partial charge in [-0.25, -0.2) is 0 Å². The van der Waals surface area contributed by atoms with Gasteiger partial charge in [0.1, 0.15) is 0 Å². The molecular formula is C18H38O2. The Kier molecular flexibility index (Phi) is 16.9. The minimum absolute atomic E-state index is 0.320. The predicted octanol–water partition coefficient (Wildman–Crippen LogP) is 5.74. The molecule has 0 aliphatic rings. The van der Waals surface area contributed by atoms with Crippen LogP contribution in [0.15, 0.2) is 0 Å². The van der Waals surface area contributed by atoms with Crippen molar-refractivity contribution in [3.8, 4) is 0 Å². The van der Waals surface area contributed by atoms with E-state index in [9.17, 15) is 0 Å². The van der Waals surface area contributed by atoms with Crippen LogP contribution in [0.3, 0.4) is 0 Å². The van der Waals surface area contributed by atoms with Gasteiger partial charge in [-0.05, 0) is 20.3 Å². The van der Waals surface area contributed by atoms with Crippen molar-refractivity contribution >= 4 is 0 Å². The van der Waals surface area contributed by atoms with Crippen molar-refractivity contribution in [3.05, 3.63) is 0 Å². The Bertz CT molecular complexity index is 169. The molecule has 0 spiro atoms. The van der Waals surface area contributed by atoms with Gasteiger partial charge in [-0.1, -0.05) is 71.1 Å². The molecule has 0 saturated heterocycles. The first kappa shape index (κ1) is 19.9. The third-order valence-electron chi connectivity index (χ3n) is 3.57. The second-order valence-electron chi connectivity index (χ2n) is 6.07. The van der Waals surface area contributed by atoms with Crippen LogP contribution in [0.1, 0.15) is 91.4 Å². The fraction of sp³-hybridized carbons (Fsp3) is 1.00. The summed E-state index contributed by atoms with van der Waals surface area (Å²) < 4.78 is 11.0. The molecule has 2 heteroatoms. The number of hydrogen-bond acceptors (Lipinski definition) is 2. The fourth-order valence-corrected chi connectivity index (χ4v) is 2.31. The van der Waals surface area contributed by atoms with Crippen LogP contribution in [0, 0.1) is 0 Å². The molecule has 0 bridgehead atoms. The average molecular weight is 286 g/mol. The Balaban J connectivity index is 2.92. The maximum Gasteiger partial charge on any atom is 0.0703 e. The van der Waals surface area contributed by atoms with Gasteiger partial charge in [-0.3, -0.25) is 0 Å². The topological polar surface area (TPSA) is 18.5 Å². The van der Waals surface area contributed by atoms with Gasteiger partial charge in [-0.2, -0.15) is 0 Å². The van der Waals surface area contributed by atoms with Crippen LogP contribution in [0.2, 0.25) is 0 Å². The van der Waals surface area contributed by atoms with Crippen molar-refractivity contribution in [2.24, 2.45) is 0 Å². The van der Waals surface area contributed by atoms with Crippen molar-refractivity contribution in [3.63, 3.8) is 0 Å². The third-order valence-corrected chi connectivity index (χ3v) is 3.57. The molecule has 0 aromatic heterocycles. The molecule has 0 aromatic rings. The number of unbranched alkanes of at least 4 members (excludes halogenated alkanes) is 10. The molecule has 0 unspecified atom stereocenters. The molecule has 0 amide bonds. The van der Waals surface area contributed by atoms with E-state index in [0.29, 0.717) is 6.10 Å². The SMILES string of the molecule is CCCCCCCCCCCCCOCCOC(C)C. The first-order valence-corrected chi connectivity index (χ1v) is 8.96. The van der Waals surface area contributed by atoms with E-state index >= 15 is 0 Å². The van der Waals surface area contributed by atoms with Gasteiger partial charge in [0.05, 0.1) is 19.3 Å². The minimum atomic E-state index is 0.320. The summed E-state index contributed by atoms with van der Waals surface area (Å²) in [6.07, 6.45) is 15.6. The van der Waals surface area contributed by atoms with E-state index in [1.54, 1.807) is 0 Å². The zero-order chi connectivity index (χ0) is 14.9. The lowest BCUT2D eigenvalue weighted by Crippen LogP contribution is -2.10. The summed E-state index contributed by atoms with van der Waals surface area (Å²) in [5.74, 6) is 0. The highest BCUT2D eigenvalue weighted by Gasteiger charge is 1.95. The van der Waals surface area contributed by atoms with Gasteiger partial charge in [0, 0.05) is 6.61 Å². The van der Waals surface area contributed by atoms with Crippen LogP contribution in [0.25, 0.3) is 0 Å². The summed E-state index contributed by atoms with van der Waals surface area (Å²) in [5, 5.41) is 0. The highest BCUT2D eigenvalue weighted by atomic mass is 16.5. The van der Waals surface area contributed by atoms with E-state index in [2.05, 4.69) is 20.8 Å². The number of rotatable bonds is 16. The molecule has 0 heterocycles. The summed E-state index contributed by atoms with van der Waals surface area (Å²) in [6, 6.07) is 0. The molecule has 20 heavy (non-hydrogen) atoms. The summed E-state index contributed by atoms with van der Waals surface area (Å²) in [6.45, 7) is 8.78. The number of hydrogen-bond donors (Lipinski definition) is 0. The molecule has 0 saturated carbocycles. The first-order chi connectivity index (χ1) is 9.77. The molecule has 0 radical (unpaired) electrons. The second kappa shape index (κ2) is 17.0. The maximum absolute atomic E-state index is 5.54. The highest BCUT2D eigenvalue weighted by Crippen LogP contribution is 2.11. The first-order valence-electron chi connectivity index (χ1n) is 8.96. The van der Waals surface area contributed by atoms with E-state index < -0.39 is 0 Å². The van der Waals surface area contributed by atoms with E-state index in [4.69, 9.17) is 9.47 Å². The van der Waals surface area contributed by atoms with Crippen molar-refractivity contribution in [2.45, 2.75) is 97.5 Å². The van der Waals surface area contributed by atoms with Crippen LogP contribution in [0.5, 0.6) is 0 Å². The Morgan fingerprint density at radius 1 is 0.600 bits per heavy atom. The van der Waals surface area contributed by atoms with Crippen molar-refractivity contribution in [1.82, 2.24) is 0 Å². The lowest BCUT2D eigenvalue weighted by atomic mass is 10.1. The van der Waals surface area contributed by atoms with Crippen molar-refractivity contribution in [1.29, 1.82) is 0 Å². The molecule has 0 aliphatic heterocycles. The summed E-state index contributed by atoms with van der Waals surface area (Å²) in [5.41, 5.74) is 0. The lowest BCUT2D eigenvalue weighted by Gasteiger charge is -2.08. The summed E-state index contributed by atoms with van der Waals surface area (Å²) >= 11 is 0. The lowest BCUT2D eigenvalue weighted by molar-refractivity contribution is 0.0186. The van der Waals surface area contributed by atoms with Crippen LogP contribution in [0.4, 0.5) is 0 Å². The zero-order valence-corrected chi connectivity index (χ0v) is 14.3. The predicted molar refractivity (Wildman–Crippen MR) is 88.4 cm³/mol. The zero-order valence-electron chi connectivity index (χ0n) is 14.3. The van der Waals surface area contributed by atoms with Gasteiger partial charge in [0.2, 0.25) is 0 Å². The van der Waals surface area contributed by atoms with Crippen molar-refractivity contribution in [2.75, 3.05) is 19.8 Å². The van der Waals surface area contributed by atoms with E-state index in [1.165, 1.54) is 70.6 Å². The maximum atomic E-state index is 5.54. The number of ether oxygens (including phenoxy) is 2. The molecule has 0 fully saturated rings. The van der Waals surface area contributed by atoms with E-state index in [-0.39, 0.29) is 0 Å². The highest BCUT2D eigenvalue weighted by molar-refractivity contribution is 4.48. The Hall–Kier alpha value is -0.0800. The van der Waals surface area contributed by atoms with Gasteiger partial charge < -0.3 is 9.47 Å². The molecule has 2 nitrogen and oxygen atoms in total. The van der Waals surface area contributed by atoms with Crippen LogP contribution in [-0.4, -0.2) is 25.9 Å². The molecule has 0 N–H and O–H groups in total. The molecular weight excluding hydrogens is 248 g/mol. The van der Waals surface area contributed by atoms with Gasteiger partial charge in [0.15, 0.2) is 0 Å².